The highest BCUT2D eigenvalue weighted by Crippen LogP contribution is 2.31. The molecule has 1 aromatic heterocycles. The lowest BCUT2D eigenvalue weighted by Crippen LogP contribution is -1.95. The fourth-order valence-corrected chi connectivity index (χ4v) is 3.12. The van der Waals surface area contributed by atoms with Crippen molar-refractivity contribution < 1.29 is 4.42 Å². The molecular formula is C15H10BrCl2NO. The molecule has 0 radical (unpaired) electrons. The summed E-state index contributed by atoms with van der Waals surface area (Å²) in [6.07, 6.45) is 0.630. The molecule has 0 bridgehead atoms. The molecule has 3 rings (SSSR count). The summed E-state index contributed by atoms with van der Waals surface area (Å²) in [6, 6.07) is 13.2. The minimum absolute atomic E-state index is 0.0479. The third-order valence-corrected chi connectivity index (χ3v) is 4.23. The number of oxazole rings is 1. The van der Waals surface area contributed by atoms with E-state index in [1.807, 2.05) is 36.4 Å². The van der Waals surface area contributed by atoms with Gasteiger partial charge in [0.15, 0.2) is 11.5 Å². The SMILES string of the molecule is Clc1cc(Cl)cc(C(Br)Cc2nc3ccccc3o2)c1. The van der Waals surface area contributed by atoms with E-state index in [0.29, 0.717) is 22.4 Å². The highest BCUT2D eigenvalue weighted by atomic mass is 79.9. The second-order valence-electron chi connectivity index (χ2n) is 4.45. The zero-order valence-electron chi connectivity index (χ0n) is 10.3. The van der Waals surface area contributed by atoms with Crippen molar-refractivity contribution in [2.75, 3.05) is 0 Å². The fourth-order valence-electron chi connectivity index (χ4n) is 2.03. The summed E-state index contributed by atoms with van der Waals surface area (Å²) in [7, 11) is 0. The van der Waals surface area contributed by atoms with E-state index in [0.717, 1.165) is 16.7 Å². The van der Waals surface area contributed by atoms with E-state index in [2.05, 4.69) is 20.9 Å². The normalized spacial score (nSPS) is 12.8. The largest absolute Gasteiger partial charge is 0.441 e. The summed E-state index contributed by atoms with van der Waals surface area (Å²) in [4.78, 5) is 4.51. The van der Waals surface area contributed by atoms with Crippen LogP contribution >= 0.6 is 39.1 Å². The quantitative estimate of drug-likeness (QED) is 0.543. The number of alkyl halides is 1. The molecule has 0 amide bonds. The fraction of sp³-hybridized carbons (Fsp3) is 0.133. The predicted molar refractivity (Wildman–Crippen MR) is 85.8 cm³/mol. The average molecular weight is 371 g/mol. The Morgan fingerprint density at radius 1 is 1.10 bits per heavy atom. The topological polar surface area (TPSA) is 26.0 Å². The van der Waals surface area contributed by atoms with Crippen molar-refractivity contribution in [2.24, 2.45) is 0 Å². The van der Waals surface area contributed by atoms with Gasteiger partial charge < -0.3 is 4.42 Å². The third kappa shape index (κ3) is 3.00. The maximum Gasteiger partial charge on any atom is 0.196 e. The number of aromatic nitrogens is 1. The smallest absolute Gasteiger partial charge is 0.196 e. The monoisotopic (exact) mass is 369 g/mol. The van der Waals surface area contributed by atoms with E-state index < -0.39 is 0 Å². The van der Waals surface area contributed by atoms with E-state index in [4.69, 9.17) is 27.6 Å². The van der Waals surface area contributed by atoms with Gasteiger partial charge in [-0.3, -0.25) is 0 Å². The molecule has 1 unspecified atom stereocenters. The van der Waals surface area contributed by atoms with Crippen molar-refractivity contribution in [3.8, 4) is 0 Å². The molecule has 2 aromatic carbocycles. The Hall–Kier alpha value is -1.03. The molecule has 102 valence electrons. The predicted octanol–water partition coefficient (Wildman–Crippen LogP) is 5.81. The summed E-state index contributed by atoms with van der Waals surface area (Å²) < 4.78 is 5.71. The minimum Gasteiger partial charge on any atom is -0.441 e. The zero-order chi connectivity index (χ0) is 14.1. The van der Waals surface area contributed by atoms with Crippen molar-refractivity contribution in [3.63, 3.8) is 0 Å². The molecule has 5 heteroatoms. The second-order valence-corrected chi connectivity index (χ2v) is 6.43. The molecule has 1 heterocycles. The molecule has 3 aromatic rings. The van der Waals surface area contributed by atoms with Crippen LogP contribution in [0.5, 0.6) is 0 Å². The number of hydrogen-bond donors (Lipinski definition) is 0. The van der Waals surface area contributed by atoms with Crippen LogP contribution in [-0.2, 0) is 6.42 Å². The van der Waals surface area contributed by atoms with Gasteiger partial charge in [0, 0.05) is 21.3 Å². The third-order valence-electron chi connectivity index (χ3n) is 2.94. The molecule has 1 atom stereocenters. The van der Waals surface area contributed by atoms with E-state index >= 15 is 0 Å². The van der Waals surface area contributed by atoms with Crippen LogP contribution < -0.4 is 0 Å². The van der Waals surface area contributed by atoms with Gasteiger partial charge in [-0.25, -0.2) is 4.98 Å². The highest BCUT2D eigenvalue weighted by molar-refractivity contribution is 9.09. The maximum atomic E-state index is 6.02. The summed E-state index contributed by atoms with van der Waals surface area (Å²) in [5, 5.41) is 1.24. The first-order valence-corrected chi connectivity index (χ1v) is 7.73. The summed E-state index contributed by atoms with van der Waals surface area (Å²) in [5.74, 6) is 0.684. The molecule has 0 saturated heterocycles. The van der Waals surface area contributed by atoms with Crippen LogP contribution in [0.15, 0.2) is 46.9 Å². The van der Waals surface area contributed by atoms with Crippen LogP contribution in [0, 0.1) is 0 Å². The van der Waals surface area contributed by atoms with Gasteiger partial charge in [-0.15, -0.1) is 0 Å². The number of benzene rings is 2. The van der Waals surface area contributed by atoms with Gasteiger partial charge in [-0.2, -0.15) is 0 Å². The number of fused-ring (bicyclic) bond motifs is 1. The van der Waals surface area contributed by atoms with Gasteiger partial charge in [0.05, 0.1) is 0 Å². The average Bonchev–Trinajstić information content (AvgIpc) is 2.79. The maximum absolute atomic E-state index is 6.02. The molecule has 0 saturated carbocycles. The van der Waals surface area contributed by atoms with Gasteiger partial charge in [0.1, 0.15) is 5.52 Å². The molecular weight excluding hydrogens is 361 g/mol. The van der Waals surface area contributed by atoms with Gasteiger partial charge in [-0.05, 0) is 35.9 Å². The first-order chi connectivity index (χ1) is 9.61. The van der Waals surface area contributed by atoms with Crippen molar-refractivity contribution >= 4 is 50.2 Å². The Bertz CT molecular complexity index is 703. The van der Waals surface area contributed by atoms with Crippen molar-refractivity contribution in [1.29, 1.82) is 0 Å². The van der Waals surface area contributed by atoms with E-state index in [1.54, 1.807) is 6.07 Å². The lowest BCUT2D eigenvalue weighted by molar-refractivity contribution is 0.527. The van der Waals surface area contributed by atoms with E-state index in [1.165, 1.54) is 0 Å². The van der Waals surface area contributed by atoms with Crippen molar-refractivity contribution in [3.05, 3.63) is 64.0 Å². The molecule has 0 aliphatic heterocycles. The van der Waals surface area contributed by atoms with Crippen LogP contribution in [0.3, 0.4) is 0 Å². The van der Waals surface area contributed by atoms with Crippen LogP contribution in [0.4, 0.5) is 0 Å². The van der Waals surface area contributed by atoms with Crippen molar-refractivity contribution in [2.45, 2.75) is 11.2 Å². The second kappa shape index (κ2) is 5.76. The summed E-state index contributed by atoms with van der Waals surface area (Å²) in [6.45, 7) is 0. The van der Waals surface area contributed by atoms with Gasteiger partial charge in [0.25, 0.3) is 0 Å². The van der Waals surface area contributed by atoms with Crippen LogP contribution in [0.1, 0.15) is 16.3 Å². The highest BCUT2D eigenvalue weighted by Gasteiger charge is 2.14. The van der Waals surface area contributed by atoms with Gasteiger partial charge >= 0.3 is 0 Å². The molecule has 0 fully saturated rings. The van der Waals surface area contributed by atoms with Gasteiger partial charge in [-0.1, -0.05) is 51.3 Å². The van der Waals surface area contributed by atoms with Crippen LogP contribution in [-0.4, -0.2) is 4.98 Å². The van der Waals surface area contributed by atoms with E-state index in [9.17, 15) is 0 Å². The first kappa shape index (κ1) is 13.9. The molecule has 20 heavy (non-hydrogen) atoms. The summed E-state index contributed by atoms with van der Waals surface area (Å²) >= 11 is 15.7. The number of halogens is 3. The number of hydrogen-bond acceptors (Lipinski definition) is 2. The number of rotatable bonds is 3. The number of nitrogens with zero attached hydrogens (tertiary/aromatic N) is 1. The zero-order valence-corrected chi connectivity index (χ0v) is 13.4. The van der Waals surface area contributed by atoms with Crippen LogP contribution in [0.2, 0.25) is 10.0 Å². The Balaban J connectivity index is 1.86. The summed E-state index contributed by atoms with van der Waals surface area (Å²) in [5.41, 5.74) is 2.67. The number of para-hydroxylation sites is 2. The lowest BCUT2D eigenvalue weighted by Gasteiger charge is -2.08. The molecule has 0 spiro atoms. The molecule has 0 aliphatic rings. The van der Waals surface area contributed by atoms with Crippen molar-refractivity contribution in [1.82, 2.24) is 4.98 Å². The molecule has 2 nitrogen and oxygen atoms in total. The molecule has 0 aliphatic carbocycles. The van der Waals surface area contributed by atoms with Gasteiger partial charge in [0.2, 0.25) is 0 Å². The van der Waals surface area contributed by atoms with Crippen LogP contribution in [0.25, 0.3) is 11.1 Å². The Labute approximate surface area is 134 Å². The lowest BCUT2D eigenvalue weighted by atomic mass is 10.1. The standard InChI is InChI=1S/C15H10BrCl2NO/c16-12(9-5-10(17)7-11(18)6-9)8-15-19-13-3-1-2-4-14(13)20-15/h1-7,12H,8H2. The first-order valence-electron chi connectivity index (χ1n) is 6.06. The van der Waals surface area contributed by atoms with E-state index in [-0.39, 0.29) is 4.83 Å². The Kier molecular flexibility index (Phi) is 4.01. The Morgan fingerprint density at radius 3 is 2.50 bits per heavy atom. The molecule has 0 N–H and O–H groups in total. The Morgan fingerprint density at radius 2 is 1.80 bits per heavy atom. The minimum atomic E-state index is 0.0479.